The molecular weight excluding hydrogens is 320 g/mol. The fourth-order valence-corrected chi connectivity index (χ4v) is 4.35. The van der Waals surface area contributed by atoms with E-state index < -0.39 is 0 Å². The Morgan fingerprint density at radius 2 is 1.77 bits per heavy atom. The number of hydrogen-bond acceptors (Lipinski definition) is 4. The van der Waals surface area contributed by atoms with Crippen LogP contribution in [0.3, 0.4) is 0 Å². The number of benzene rings is 1. The maximum atomic E-state index is 4.90. The van der Waals surface area contributed by atoms with Crippen molar-refractivity contribution < 1.29 is 0 Å². The first-order chi connectivity index (χ1) is 12.8. The summed E-state index contributed by atoms with van der Waals surface area (Å²) in [5.41, 5.74) is 1.47. The van der Waals surface area contributed by atoms with Crippen molar-refractivity contribution in [3.8, 4) is 0 Å². The van der Waals surface area contributed by atoms with E-state index >= 15 is 0 Å². The van der Waals surface area contributed by atoms with E-state index in [4.69, 9.17) is 4.98 Å². The third kappa shape index (κ3) is 4.17. The summed E-state index contributed by atoms with van der Waals surface area (Å²) in [5, 5.41) is 0. The van der Waals surface area contributed by atoms with Gasteiger partial charge in [0.2, 0.25) is 5.95 Å². The van der Waals surface area contributed by atoms with Crippen molar-refractivity contribution >= 4 is 11.8 Å². The molecule has 1 aromatic heterocycles. The maximum Gasteiger partial charge on any atom is 0.227 e. The second-order valence-corrected chi connectivity index (χ2v) is 8.03. The van der Waals surface area contributed by atoms with Gasteiger partial charge in [-0.3, -0.25) is 0 Å². The highest BCUT2D eigenvalue weighted by Crippen LogP contribution is 2.26. The Kier molecular flexibility index (Phi) is 5.37. The molecule has 0 saturated carbocycles. The molecule has 2 aromatic rings. The molecule has 1 aromatic carbocycles. The summed E-state index contributed by atoms with van der Waals surface area (Å²) in [5.74, 6) is 3.55. The molecule has 0 spiro atoms. The minimum atomic E-state index is 0.740. The summed E-state index contributed by atoms with van der Waals surface area (Å²) < 4.78 is 0. The topological polar surface area (TPSA) is 32.3 Å². The molecule has 4 rings (SSSR count). The van der Waals surface area contributed by atoms with E-state index in [1.165, 1.54) is 37.7 Å². The van der Waals surface area contributed by atoms with Gasteiger partial charge in [-0.2, -0.15) is 4.98 Å². The molecule has 0 bridgehead atoms. The number of anilines is 2. The smallest absolute Gasteiger partial charge is 0.227 e. The number of hydrogen-bond donors (Lipinski definition) is 0. The lowest BCUT2D eigenvalue weighted by atomic mass is 9.90. The van der Waals surface area contributed by atoms with Crippen LogP contribution in [0.1, 0.15) is 38.2 Å². The van der Waals surface area contributed by atoms with Crippen LogP contribution in [0.2, 0.25) is 0 Å². The van der Waals surface area contributed by atoms with Crippen molar-refractivity contribution in [2.45, 2.75) is 39.0 Å². The number of aromatic nitrogens is 2. The third-order valence-corrected chi connectivity index (χ3v) is 5.87. The van der Waals surface area contributed by atoms with E-state index in [0.717, 1.165) is 49.8 Å². The maximum absolute atomic E-state index is 4.90. The average Bonchev–Trinajstić information content (AvgIpc) is 2.69. The van der Waals surface area contributed by atoms with Crippen LogP contribution in [-0.2, 0) is 6.42 Å². The van der Waals surface area contributed by atoms with Gasteiger partial charge in [0.1, 0.15) is 5.82 Å². The van der Waals surface area contributed by atoms with Gasteiger partial charge in [0.15, 0.2) is 0 Å². The van der Waals surface area contributed by atoms with Crippen LogP contribution in [0.4, 0.5) is 11.8 Å². The molecule has 26 heavy (non-hydrogen) atoms. The molecule has 4 nitrogen and oxygen atoms in total. The first kappa shape index (κ1) is 17.3. The van der Waals surface area contributed by atoms with Crippen LogP contribution < -0.4 is 9.80 Å². The van der Waals surface area contributed by atoms with Crippen LogP contribution in [0, 0.1) is 11.8 Å². The summed E-state index contributed by atoms with van der Waals surface area (Å²) in [4.78, 5) is 14.3. The number of nitrogens with zero attached hydrogens (tertiary/aromatic N) is 4. The van der Waals surface area contributed by atoms with Gasteiger partial charge in [-0.1, -0.05) is 37.3 Å². The Labute approximate surface area is 157 Å². The van der Waals surface area contributed by atoms with Gasteiger partial charge >= 0.3 is 0 Å². The molecule has 0 N–H and O–H groups in total. The van der Waals surface area contributed by atoms with E-state index in [9.17, 15) is 0 Å². The monoisotopic (exact) mass is 350 g/mol. The first-order valence-electron chi connectivity index (χ1n) is 10.1. The lowest BCUT2D eigenvalue weighted by Gasteiger charge is -2.34. The van der Waals surface area contributed by atoms with Crippen LogP contribution in [0.25, 0.3) is 0 Å². The molecule has 0 radical (unpaired) electrons. The van der Waals surface area contributed by atoms with Gasteiger partial charge in [0.25, 0.3) is 0 Å². The molecule has 0 aliphatic carbocycles. The van der Waals surface area contributed by atoms with E-state index in [2.05, 4.69) is 58.1 Å². The van der Waals surface area contributed by atoms with Gasteiger partial charge in [0.05, 0.1) is 0 Å². The second kappa shape index (κ2) is 8.07. The Morgan fingerprint density at radius 1 is 0.962 bits per heavy atom. The van der Waals surface area contributed by atoms with Gasteiger partial charge < -0.3 is 9.80 Å². The molecule has 2 fully saturated rings. The average molecular weight is 351 g/mol. The van der Waals surface area contributed by atoms with Crippen LogP contribution in [0.5, 0.6) is 0 Å². The summed E-state index contributed by atoms with van der Waals surface area (Å²) in [6.45, 7) is 6.71. The minimum Gasteiger partial charge on any atom is -0.356 e. The van der Waals surface area contributed by atoms with Gasteiger partial charge in [-0.05, 0) is 55.6 Å². The fraction of sp³-hybridized carbons (Fsp3) is 0.545. The third-order valence-electron chi connectivity index (χ3n) is 5.87. The highest BCUT2D eigenvalue weighted by Gasteiger charge is 2.23. The molecule has 138 valence electrons. The van der Waals surface area contributed by atoms with Crippen LogP contribution in [-0.4, -0.2) is 36.1 Å². The normalized spacial score (nSPS) is 21.8. The molecule has 3 heterocycles. The lowest BCUT2D eigenvalue weighted by Crippen LogP contribution is -2.37. The predicted molar refractivity (Wildman–Crippen MR) is 108 cm³/mol. The Balaban J connectivity index is 1.36. The molecule has 4 heteroatoms. The van der Waals surface area contributed by atoms with Crippen molar-refractivity contribution in [1.29, 1.82) is 0 Å². The van der Waals surface area contributed by atoms with E-state index in [1.54, 1.807) is 0 Å². The SMILES string of the molecule is CC1CCCN(c2nccc(N3CCC(Cc4ccccc4)CC3)n2)C1. The quantitative estimate of drug-likeness (QED) is 0.828. The summed E-state index contributed by atoms with van der Waals surface area (Å²) >= 11 is 0. The highest BCUT2D eigenvalue weighted by atomic mass is 15.3. The molecule has 1 atom stereocenters. The van der Waals surface area contributed by atoms with Crippen molar-refractivity contribution in [1.82, 2.24) is 9.97 Å². The minimum absolute atomic E-state index is 0.740. The number of rotatable bonds is 4. The summed E-state index contributed by atoms with van der Waals surface area (Å²) in [6.07, 6.45) is 8.21. The largest absolute Gasteiger partial charge is 0.356 e. The molecule has 0 amide bonds. The van der Waals surface area contributed by atoms with Crippen molar-refractivity contribution in [2.24, 2.45) is 11.8 Å². The molecule has 1 unspecified atom stereocenters. The van der Waals surface area contributed by atoms with Crippen molar-refractivity contribution in [2.75, 3.05) is 36.0 Å². The Bertz CT molecular complexity index is 694. The second-order valence-electron chi connectivity index (χ2n) is 8.03. The zero-order chi connectivity index (χ0) is 17.8. The molecule has 2 aliphatic rings. The standard InChI is InChI=1S/C22H30N4/c1-18-6-5-13-26(17-18)22-23-12-9-21(24-22)25-14-10-20(11-15-25)16-19-7-3-2-4-8-19/h2-4,7-9,12,18,20H,5-6,10-11,13-17H2,1H3. The molecular formula is C22H30N4. The van der Waals surface area contributed by atoms with Crippen molar-refractivity contribution in [3.63, 3.8) is 0 Å². The summed E-state index contributed by atoms with van der Waals surface area (Å²) in [6, 6.07) is 13.0. The number of piperidine rings is 2. The Morgan fingerprint density at radius 3 is 2.54 bits per heavy atom. The van der Waals surface area contributed by atoms with Gasteiger partial charge in [-0.25, -0.2) is 4.98 Å². The first-order valence-corrected chi connectivity index (χ1v) is 10.1. The van der Waals surface area contributed by atoms with E-state index in [-0.39, 0.29) is 0 Å². The fourth-order valence-electron chi connectivity index (χ4n) is 4.35. The van der Waals surface area contributed by atoms with E-state index in [1.807, 2.05) is 6.20 Å². The zero-order valence-corrected chi connectivity index (χ0v) is 15.8. The Hall–Kier alpha value is -2.10. The lowest BCUT2D eigenvalue weighted by molar-refractivity contribution is 0.402. The zero-order valence-electron chi connectivity index (χ0n) is 15.8. The van der Waals surface area contributed by atoms with Gasteiger partial charge in [-0.15, -0.1) is 0 Å². The summed E-state index contributed by atoms with van der Waals surface area (Å²) in [7, 11) is 0. The predicted octanol–water partition coefficient (Wildman–Crippen LogP) is 4.17. The highest BCUT2D eigenvalue weighted by molar-refractivity contribution is 5.44. The van der Waals surface area contributed by atoms with Gasteiger partial charge in [0, 0.05) is 32.4 Å². The molecule has 2 saturated heterocycles. The van der Waals surface area contributed by atoms with Crippen LogP contribution >= 0.6 is 0 Å². The van der Waals surface area contributed by atoms with E-state index in [0.29, 0.717) is 0 Å². The van der Waals surface area contributed by atoms with Crippen LogP contribution in [0.15, 0.2) is 42.6 Å². The van der Waals surface area contributed by atoms with Crippen molar-refractivity contribution in [3.05, 3.63) is 48.2 Å². The molecule has 2 aliphatic heterocycles.